The number of aryl methyl sites for hydroxylation is 2. The molecule has 0 amide bonds. The van der Waals surface area contributed by atoms with E-state index < -0.39 is 5.60 Å². The molecule has 18 heavy (non-hydrogen) atoms. The van der Waals surface area contributed by atoms with Crippen LogP contribution in [0.5, 0.6) is 5.75 Å². The monoisotopic (exact) mass is 246 g/mol. The van der Waals surface area contributed by atoms with Gasteiger partial charge in [0.1, 0.15) is 11.4 Å². The van der Waals surface area contributed by atoms with Gasteiger partial charge in [0.25, 0.3) is 0 Å². The third-order valence-corrected chi connectivity index (χ3v) is 3.44. The quantitative estimate of drug-likeness (QED) is 0.762. The number of rotatable bonds is 2. The summed E-state index contributed by atoms with van der Waals surface area (Å²) in [6.07, 6.45) is 0. The molecular formula is C15H18O3. The van der Waals surface area contributed by atoms with Crippen molar-refractivity contribution in [3.05, 3.63) is 41.0 Å². The fourth-order valence-corrected chi connectivity index (χ4v) is 2.19. The molecule has 0 saturated heterocycles. The lowest BCUT2D eigenvalue weighted by Gasteiger charge is -2.23. The first-order valence-corrected chi connectivity index (χ1v) is 5.93. The molecule has 3 N–H and O–H groups in total. The number of fused-ring (bicyclic) bond motifs is 1. The summed E-state index contributed by atoms with van der Waals surface area (Å²) in [5.41, 5.74) is 1.17. The maximum atomic E-state index is 10.2. The predicted octanol–water partition coefficient (Wildman–Crippen LogP) is 2.36. The Kier molecular flexibility index (Phi) is 3.05. The van der Waals surface area contributed by atoms with Crippen LogP contribution in [0.1, 0.15) is 23.6 Å². The van der Waals surface area contributed by atoms with Crippen molar-refractivity contribution in [3.8, 4) is 5.75 Å². The average Bonchev–Trinajstić information content (AvgIpc) is 2.32. The second-order valence-electron chi connectivity index (χ2n) is 5.05. The first kappa shape index (κ1) is 12.9. The molecule has 96 valence electrons. The number of benzene rings is 2. The Labute approximate surface area is 106 Å². The number of aromatic hydroxyl groups is 1. The molecule has 0 aliphatic heterocycles. The van der Waals surface area contributed by atoms with Gasteiger partial charge in [0.05, 0.1) is 6.61 Å². The Balaban J connectivity index is 2.85. The Morgan fingerprint density at radius 2 is 1.72 bits per heavy atom. The van der Waals surface area contributed by atoms with E-state index in [1.165, 1.54) is 0 Å². The molecule has 0 heterocycles. The molecule has 1 atom stereocenters. The Morgan fingerprint density at radius 3 is 2.33 bits per heavy atom. The van der Waals surface area contributed by atoms with Crippen molar-refractivity contribution in [3.63, 3.8) is 0 Å². The third kappa shape index (κ3) is 1.96. The van der Waals surface area contributed by atoms with Crippen molar-refractivity contribution >= 4 is 10.8 Å². The minimum absolute atomic E-state index is 0.242. The minimum atomic E-state index is -1.28. The lowest BCUT2D eigenvalue weighted by Crippen LogP contribution is -2.26. The standard InChI is InChI=1S/C15H18O3/c1-9-4-5-13(15(3,18)8-16)12-6-10(2)14(17)7-11(9)12/h4-7,16-18H,8H2,1-3H3/t15-/m0/s1. The van der Waals surface area contributed by atoms with Gasteiger partial charge in [-0.15, -0.1) is 0 Å². The summed E-state index contributed by atoms with van der Waals surface area (Å²) in [5.74, 6) is 0.242. The van der Waals surface area contributed by atoms with Crippen molar-refractivity contribution in [1.82, 2.24) is 0 Å². The summed E-state index contributed by atoms with van der Waals surface area (Å²) in [5, 5.41) is 31.1. The van der Waals surface area contributed by atoms with Gasteiger partial charge in [-0.25, -0.2) is 0 Å². The van der Waals surface area contributed by atoms with Gasteiger partial charge in [-0.05, 0) is 60.4 Å². The van der Waals surface area contributed by atoms with Crippen LogP contribution in [-0.2, 0) is 5.60 Å². The summed E-state index contributed by atoms with van der Waals surface area (Å²) in [6.45, 7) is 5.01. The SMILES string of the molecule is Cc1cc2c([C@@](C)(O)CO)ccc(C)c2cc1O. The number of hydrogen-bond donors (Lipinski definition) is 3. The molecule has 2 aromatic carbocycles. The topological polar surface area (TPSA) is 60.7 Å². The van der Waals surface area contributed by atoms with Crippen LogP contribution in [0, 0.1) is 13.8 Å². The number of phenolic OH excluding ortho intramolecular Hbond substituents is 1. The van der Waals surface area contributed by atoms with E-state index in [4.69, 9.17) is 0 Å². The van der Waals surface area contributed by atoms with Crippen molar-refractivity contribution in [2.75, 3.05) is 6.61 Å². The summed E-state index contributed by atoms with van der Waals surface area (Å²) < 4.78 is 0. The lowest BCUT2D eigenvalue weighted by molar-refractivity contribution is -0.00105. The second kappa shape index (κ2) is 4.26. The van der Waals surface area contributed by atoms with Crippen LogP contribution in [0.2, 0.25) is 0 Å². The van der Waals surface area contributed by atoms with Gasteiger partial charge in [-0.3, -0.25) is 0 Å². The van der Waals surface area contributed by atoms with E-state index in [0.717, 1.165) is 21.9 Å². The van der Waals surface area contributed by atoms with Crippen LogP contribution >= 0.6 is 0 Å². The van der Waals surface area contributed by atoms with E-state index in [1.807, 2.05) is 32.0 Å². The van der Waals surface area contributed by atoms with E-state index in [2.05, 4.69) is 0 Å². The zero-order valence-electron chi connectivity index (χ0n) is 10.9. The van der Waals surface area contributed by atoms with Gasteiger partial charge >= 0.3 is 0 Å². The number of aliphatic hydroxyl groups is 2. The van der Waals surface area contributed by atoms with Crippen LogP contribution in [0.3, 0.4) is 0 Å². The molecule has 2 rings (SSSR count). The van der Waals surface area contributed by atoms with E-state index >= 15 is 0 Å². The lowest BCUT2D eigenvalue weighted by atomic mass is 9.89. The summed E-state index contributed by atoms with van der Waals surface area (Å²) in [4.78, 5) is 0. The van der Waals surface area contributed by atoms with Gasteiger partial charge < -0.3 is 15.3 Å². The van der Waals surface area contributed by atoms with Crippen molar-refractivity contribution < 1.29 is 15.3 Å². The maximum absolute atomic E-state index is 10.2. The van der Waals surface area contributed by atoms with Gasteiger partial charge in [0, 0.05) is 0 Å². The van der Waals surface area contributed by atoms with Crippen LogP contribution in [0.4, 0.5) is 0 Å². The maximum Gasteiger partial charge on any atom is 0.119 e. The third-order valence-electron chi connectivity index (χ3n) is 3.44. The van der Waals surface area contributed by atoms with Gasteiger partial charge in [0.2, 0.25) is 0 Å². The van der Waals surface area contributed by atoms with Crippen molar-refractivity contribution in [2.45, 2.75) is 26.4 Å². The molecule has 0 fully saturated rings. The largest absolute Gasteiger partial charge is 0.508 e. The van der Waals surface area contributed by atoms with Crippen molar-refractivity contribution in [2.24, 2.45) is 0 Å². The molecule has 0 aromatic heterocycles. The molecule has 0 spiro atoms. The number of hydrogen-bond acceptors (Lipinski definition) is 3. The number of aliphatic hydroxyl groups excluding tert-OH is 1. The fraction of sp³-hybridized carbons (Fsp3) is 0.333. The smallest absolute Gasteiger partial charge is 0.119 e. The van der Waals surface area contributed by atoms with Crippen LogP contribution < -0.4 is 0 Å². The highest BCUT2D eigenvalue weighted by Crippen LogP contribution is 2.34. The van der Waals surface area contributed by atoms with Crippen LogP contribution in [-0.4, -0.2) is 21.9 Å². The summed E-state index contributed by atoms with van der Waals surface area (Å²) in [6, 6.07) is 7.26. The Bertz CT molecular complexity index is 600. The average molecular weight is 246 g/mol. The van der Waals surface area contributed by atoms with Crippen molar-refractivity contribution in [1.29, 1.82) is 0 Å². The highest BCUT2D eigenvalue weighted by atomic mass is 16.3. The van der Waals surface area contributed by atoms with Gasteiger partial charge in [0.15, 0.2) is 0 Å². The van der Waals surface area contributed by atoms with E-state index in [1.54, 1.807) is 13.0 Å². The molecule has 0 aliphatic carbocycles. The minimum Gasteiger partial charge on any atom is -0.508 e. The van der Waals surface area contributed by atoms with E-state index in [-0.39, 0.29) is 12.4 Å². The molecular weight excluding hydrogens is 228 g/mol. The Hall–Kier alpha value is -1.58. The highest BCUT2D eigenvalue weighted by Gasteiger charge is 2.24. The molecule has 0 aliphatic rings. The predicted molar refractivity (Wildman–Crippen MR) is 71.7 cm³/mol. The second-order valence-corrected chi connectivity index (χ2v) is 5.05. The van der Waals surface area contributed by atoms with Crippen LogP contribution in [0.25, 0.3) is 10.8 Å². The fourth-order valence-electron chi connectivity index (χ4n) is 2.19. The molecule has 0 radical (unpaired) electrons. The molecule has 0 saturated carbocycles. The van der Waals surface area contributed by atoms with Gasteiger partial charge in [-0.1, -0.05) is 12.1 Å². The summed E-state index contributed by atoms with van der Waals surface area (Å²) >= 11 is 0. The Morgan fingerprint density at radius 1 is 1.06 bits per heavy atom. The zero-order chi connectivity index (χ0) is 13.5. The highest BCUT2D eigenvalue weighted by molar-refractivity contribution is 5.91. The zero-order valence-corrected chi connectivity index (χ0v) is 10.9. The molecule has 3 heteroatoms. The van der Waals surface area contributed by atoms with E-state index in [9.17, 15) is 15.3 Å². The molecule has 2 aromatic rings. The first-order valence-electron chi connectivity index (χ1n) is 5.93. The van der Waals surface area contributed by atoms with Crippen LogP contribution in [0.15, 0.2) is 24.3 Å². The summed E-state index contributed by atoms with van der Waals surface area (Å²) in [7, 11) is 0. The molecule has 0 unspecified atom stereocenters. The number of phenols is 1. The first-order chi connectivity index (χ1) is 8.36. The van der Waals surface area contributed by atoms with Gasteiger partial charge in [-0.2, -0.15) is 0 Å². The molecule has 0 bridgehead atoms. The molecule has 3 nitrogen and oxygen atoms in total. The van der Waals surface area contributed by atoms with E-state index in [0.29, 0.717) is 5.56 Å². The normalized spacial score (nSPS) is 14.7.